The number of ether oxygens (including phenoxy) is 1. The van der Waals surface area contributed by atoms with Gasteiger partial charge in [0.1, 0.15) is 5.75 Å². The Morgan fingerprint density at radius 3 is 2.28 bits per heavy atom. The van der Waals surface area contributed by atoms with E-state index in [1.807, 2.05) is 0 Å². The predicted octanol–water partition coefficient (Wildman–Crippen LogP) is 4.89. The maximum absolute atomic E-state index is 12.9. The van der Waals surface area contributed by atoms with Crippen molar-refractivity contribution in [3.05, 3.63) is 58.5 Å². The number of halogens is 3. The highest BCUT2D eigenvalue weighted by Crippen LogP contribution is 2.28. The average molecular weight is 408 g/mol. The van der Waals surface area contributed by atoms with Gasteiger partial charge in [-0.15, -0.1) is 0 Å². The highest BCUT2D eigenvalue weighted by atomic mass is 19.4. The van der Waals surface area contributed by atoms with E-state index in [0.29, 0.717) is 18.0 Å². The third-order valence-electron chi connectivity index (χ3n) is 5.19. The Balaban J connectivity index is 1.44. The highest BCUT2D eigenvalue weighted by molar-refractivity contribution is 5.38. The molecule has 0 spiro atoms. The molecule has 0 amide bonds. The van der Waals surface area contributed by atoms with E-state index in [2.05, 4.69) is 4.90 Å². The second-order valence-corrected chi connectivity index (χ2v) is 7.43. The van der Waals surface area contributed by atoms with Crippen LogP contribution in [-0.2, 0) is 6.18 Å². The Bertz CT molecular complexity index is 825. The summed E-state index contributed by atoms with van der Waals surface area (Å²) in [5, 5.41) is 0. The molecule has 0 aliphatic carbocycles. The molecule has 4 nitrogen and oxygen atoms in total. The number of pyridine rings is 1. The maximum Gasteiger partial charge on any atom is 0.417 e. The molecule has 1 aromatic carbocycles. The van der Waals surface area contributed by atoms with E-state index in [-0.39, 0.29) is 0 Å². The third kappa shape index (κ3) is 6.35. The van der Waals surface area contributed by atoms with E-state index in [0.717, 1.165) is 35.7 Å². The summed E-state index contributed by atoms with van der Waals surface area (Å²) in [6.07, 6.45) is 3.48. The molecule has 1 saturated heterocycles. The van der Waals surface area contributed by atoms with Crippen LogP contribution in [0.2, 0.25) is 0 Å². The lowest BCUT2D eigenvalue weighted by atomic mass is 10.2. The fourth-order valence-corrected chi connectivity index (χ4v) is 3.55. The SMILES string of the molecule is O=c1ccc(C(F)(F)F)cn1-c1ccc(OCCCCCCN2CCCC2)cc1. The molecule has 2 aromatic rings. The van der Waals surface area contributed by atoms with Crippen LogP contribution in [0.5, 0.6) is 5.75 Å². The van der Waals surface area contributed by atoms with Crippen LogP contribution < -0.4 is 10.3 Å². The fourth-order valence-electron chi connectivity index (χ4n) is 3.55. The number of alkyl halides is 3. The van der Waals surface area contributed by atoms with Crippen LogP contribution in [0.4, 0.5) is 13.2 Å². The van der Waals surface area contributed by atoms with Gasteiger partial charge >= 0.3 is 6.18 Å². The zero-order valence-corrected chi connectivity index (χ0v) is 16.5. The Labute approximate surface area is 168 Å². The Morgan fingerprint density at radius 1 is 0.897 bits per heavy atom. The Hall–Kier alpha value is -2.28. The molecule has 158 valence electrons. The Kier molecular flexibility index (Phi) is 7.36. The van der Waals surface area contributed by atoms with Crippen molar-refractivity contribution in [3.63, 3.8) is 0 Å². The molecule has 7 heteroatoms. The van der Waals surface area contributed by atoms with Gasteiger partial charge in [-0.05, 0) is 75.6 Å². The van der Waals surface area contributed by atoms with Gasteiger partial charge in [0.2, 0.25) is 0 Å². The summed E-state index contributed by atoms with van der Waals surface area (Å²) >= 11 is 0. The smallest absolute Gasteiger partial charge is 0.417 e. The summed E-state index contributed by atoms with van der Waals surface area (Å²) in [6.45, 7) is 4.28. The lowest BCUT2D eigenvalue weighted by molar-refractivity contribution is -0.138. The molecule has 0 bridgehead atoms. The zero-order chi connectivity index (χ0) is 20.7. The van der Waals surface area contributed by atoms with Gasteiger partial charge < -0.3 is 9.64 Å². The van der Waals surface area contributed by atoms with E-state index in [1.165, 1.54) is 45.3 Å². The summed E-state index contributed by atoms with van der Waals surface area (Å²) in [5.41, 5.74) is -1.00. The number of hydrogen-bond donors (Lipinski definition) is 0. The fraction of sp³-hybridized carbons (Fsp3) is 0.500. The first kappa shape index (κ1) is 21.4. The van der Waals surface area contributed by atoms with Gasteiger partial charge in [-0.3, -0.25) is 9.36 Å². The molecule has 29 heavy (non-hydrogen) atoms. The molecule has 1 aromatic heterocycles. The standard InChI is InChI=1S/C22H27F3N2O2/c23-22(24,25)18-7-12-21(28)27(17-18)19-8-10-20(11-9-19)29-16-6-2-1-3-13-26-14-4-5-15-26/h7-12,17H,1-6,13-16H2. The van der Waals surface area contributed by atoms with Crippen molar-refractivity contribution < 1.29 is 17.9 Å². The second-order valence-electron chi connectivity index (χ2n) is 7.43. The van der Waals surface area contributed by atoms with Crippen LogP contribution in [0.25, 0.3) is 5.69 Å². The number of unbranched alkanes of at least 4 members (excludes halogenated alkanes) is 3. The molecule has 1 fully saturated rings. The van der Waals surface area contributed by atoms with Gasteiger partial charge in [0.15, 0.2) is 0 Å². The number of hydrogen-bond acceptors (Lipinski definition) is 3. The molecule has 0 radical (unpaired) electrons. The predicted molar refractivity (Wildman–Crippen MR) is 107 cm³/mol. The van der Waals surface area contributed by atoms with Gasteiger partial charge in [0, 0.05) is 18.0 Å². The normalized spacial score (nSPS) is 15.0. The van der Waals surface area contributed by atoms with Crippen molar-refractivity contribution >= 4 is 0 Å². The largest absolute Gasteiger partial charge is 0.494 e. The van der Waals surface area contributed by atoms with Gasteiger partial charge in [-0.2, -0.15) is 13.2 Å². The number of benzene rings is 1. The van der Waals surface area contributed by atoms with Crippen LogP contribution in [0.3, 0.4) is 0 Å². The number of aromatic nitrogens is 1. The maximum atomic E-state index is 12.9. The van der Waals surface area contributed by atoms with Crippen molar-refractivity contribution in [3.8, 4) is 11.4 Å². The quantitative estimate of drug-likeness (QED) is 0.554. The van der Waals surface area contributed by atoms with Crippen molar-refractivity contribution in [2.75, 3.05) is 26.2 Å². The van der Waals surface area contributed by atoms with Gasteiger partial charge in [0.25, 0.3) is 5.56 Å². The lowest BCUT2D eigenvalue weighted by Crippen LogP contribution is -2.20. The van der Waals surface area contributed by atoms with E-state index in [4.69, 9.17) is 4.74 Å². The topological polar surface area (TPSA) is 34.5 Å². The van der Waals surface area contributed by atoms with E-state index < -0.39 is 17.3 Å². The third-order valence-corrected chi connectivity index (χ3v) is 5.19. The summed E-state index contributed by atoms with van der Waals surface area (Å²) in [5.74, 6) is 0.644. The minimum absolute atomic E-state index is 0.371. The molecule has 1 aliphatic rings. The first-order valence-electron chi connectivity index (χ1n) is 10.2. The number of rotatable bonds is 9. The number of nitrogens with zero attached hydrogens (tertiary/aromatic N) is 2. The summed E-state index contributed by atoms with van der Waals surface area (Å²) in [7, 11) is 0. The van der Waals surface area contributed by atoms with E-state index in [1.54, 1.807) is 24.3 Å². The van der Waals surface area contributed by atoms with Gasteiger partial charge in [-0.25, -0.2) is 0 Å². The average Bonchev–Trinajstić information content (AvgIpc) is 3.21. The van der Waals surface area contributed by atoms with Crippen LogP contribution in [0, 0.1) is 0 Å². The van der Waals surface area contributed by atoms with Crippen molar-refractivity contribution in [1.82, 2.24) is 9.47 Å². The molecular formula is C22H27F3N2O2. The first-order valence-corrected chi connectivity index (χ1v) is 10.2. The highest BCUT2D eigenvalue weighted by Gasteiger charge is 2.31. The van der Waals surface area contributed by atoms with Gasteiger partial charge in [-0.1, -0.05) is 12.8 Å². The molecule has 0 N–H and O–H groups in total. The van der Waals surface area contributed by atoms with Crippen LogP contribution >= 0.6 is 0 Å². The van der Waals surface area contributed by atoms with Crippen LogP contribution in [0.1, 0.15) is 44.1 Å². The van der Waals surface area contributed by atoms with Crippen molar-refractivity contribution in [2.24, 2.45) is 0 Å². The molecule has 0 saturated carbocycles. The summed E-state index contributed by atoms with van der Waals surface area (Å²) in [4.78, 5) is 14.4. The van der Waals surface area contributed by atoms with Crippen molar-refractivity contribution in [2.45, 2.75) is 44.7 Å². The van der Waals surface area contributed by atoms with Crippen molar-refractivity contribution in [1.29, 1.82) is 0 Å². The van der Waals surface area contributed by atoms with E-state index >= 15 is 0 Å². The molecule has 1 aliphatic heterocycles. The molecular weight excluding hydrogens is 381 g/mol. The van der Waals surface area contributed by atoms with Crippen LogP contribution in [-0.4, -0.2) is 35.7 Å². The monoisotopic (exact) mass is 408 g/mol. The lowest BCUT2D eigenvalue weighted by Gasteiger charge is -2.14. The molecule has 0 atom stereocenters. The first-order chi connectivity index (χ1) is 13.9. The summed E-state index contributed by atoms with van der Waals surface area (Å²) in [6, 6.07) is 8.25. The van der Waals surface area contributed by atoms with Gasteiger partial charge in [0.05, 0.1) is 12.2 Å². The second kappa shape index (κ2) is 9.96. The van der Waals surface area contributed by atoms with Crippen LogP contribution in [0.15, 0.2) is 47.4 Å². The molecule has 3 rings (SSSR count). The Morgan fingerprint density at radius 2 is 1.59 bits per heavy atom. The number of likely N-dealkylation sites (tertiary alicyclic amines) is 1. The summed E-state index contributed by atoms with van der Waals surface area (Å²) < 4.78 is 45.3. The zero-order valence-electron chi connectivity index (χ0n) is 16.5. The minimum Gasteiger partial charge on any atom is -0.494 e. The molecule has 0 unspecified atom stereocenters. The van der Waals surface area contributed by atoms with E-state index in [9.17, 15) is 18.0 Å². The molecule has 2 heterocycles. The minimum atomic E-state index is -4.49.